The van der Waals surface area contributed by atoms with E-state index in [1.54, 1.807) is 0 Å². The molecule has 0 saturated heterocycles. The third-order valence-corrected chi connectivity index (χ3v) is 17.0. The molecule has 4 nitrogen and oxygen atoms in total. The molecule has 0 N–H and O–H groups in total. The molecule has 0 aliphatic carbocycles. The van der Waals surface area contributed by atoms with Crippen LogP contribution in [0.2, 0.25) is 0 Å². The quantitative estimate of drug-likeness (QED) is 0.128. The van der Waals surface area contributed by atoms with E-state index < -0.39 is 0 Å². The average Bonchev–Trinajstić information content (AvgIpc) is 1.58. The molecule has 0 atom stereocenters. The Bertz CT molecular complexity index is 3250. The second-order valence-electron chi connectivity index (χ2n) is 32.7. The predicted octanol–water partition coefficient (Wildman–Crippen LogP) is 20.6. The van der Waals surface area contributed by atoms with Crippen LogP contribution in [0.5, 0.6) is 0 Å². The molecule has 4 heteroatoms. The minimum absolute atomic E-state index is 0.00304. The van der Waals surface area contributed by atoms with Gasteiger partial charge in [-0.05, 0) is 132 Å². The first-order chi connectivity index (χ1) is 38.5. The molecule has 0 unspecified atom stereocenters. The Kier molecular flexibility index (Phi) is 16.8. The number of hydrogen-bond acceptors (Lipinski definition) is 2. The highest BCUT2D eigenvalue weighted by Crippen LogP contribution is 2.49. The molecule has 0 bridgehead atoms. The van der Waals surface area contributed by atoms with Crippen LogP contribution in [0.15, 0.2) is 132 Å². The maximum absolute atomic E-state index is 16.1. The molecule has 2 aliphatic heterocycles. The molecule has 0 aromatic heterocycles. The van der Waals surface area contributed by atoms with Crippen molar-refractivity contribution in [2.75, 3.05) is 0 Å². The highest BCUT2D eigenvalue weighted by Gasteiger charge is 2.49. The number of fused-ring (bicyclic) bond motifs is 1. The van der Waals surface area contributed by atoms with Crippen LogP contribution in [0.3, 0.4) is 0 Å². The maximum Gasteiger partial charge on any atom is 0.261 e. The van der Waals surface area contributed by atoms with Crippen LogP contribution in [0.25, 0.3) is 35.7 Å². The van der Waals surface area contributed by atoms with Gasteiger partial charge in [0.05, 0.1) is 35.6 Å². The molecule has 442 valence electrons. The third-order valence-electron chi connectivity index (χ3n) is 17.0. The van der Waals surface area contributed by atoms with Gasteiger partial charge in [-0.1, -0.05) is 312 Å². The number of carbonyl (C=O) groups excluding carboxylic acids is 2. The molecular weight excluding hydrogens is 1020 g/mol. The van der Waals surface area contributed by atoms with Crippen LogP contribution in [-0.2, 0) is 66.0 Å². The fourth-order valence-electron chi connectivity index (χ4n) is 11.1. The molecule has 0 spiro atoms. The summed E-state index contributed by atoms with van der Waals surface area (Å²) < 4.78 is 0. The van der Waals surface area contributed by atoms with Crippen LogP contribution < -0.4 is 0 Å². The molecule has 84 heavy (non-hydrogen) atoms. The number of rotatable bonds is 10. The molecule has 2 aliphatic rings. The smallest absolute Gasteiger partial charge is 0.261 e. The molecule has 0 fully saturated rings. The Labute approximate surface area is 508 Å². The zero-order valence-corrected chi connectivity index (χ0v) is 56.0. The second-order valence-corrected chi connectivity index (χ2v) is 32.7. The fourth-order valence-corrected chi connectivity index (χ4v) is 11.1. The molecule has 6 aromatic rings. The first-order valence-corrected chi connectivity index (χ1v) is 30.8. The van der Waals surface area contributed by atoms with E-state index in [1.807, 2.05) is 9.80 Å². The van der Waals surface area contributed by atoms with E-state index in [9.17, 15) is 0 Å². The normalized spacial score (nSPS) is 15.3. The van der Waals surface area contributed by atoms with Crippen molar-refractivity contribution in [3.05, 3.63) is 221 Å². The Morgan fingerprint density at radius 2 is 0.476 bits per heavy atom. The summed E-state index contributed by atoms with van der Waals surface area (Å²) in [4.78, 5) is 36.0. The van der Waals surface area contributed by atoms with E-state index in [1.165, 1.54) is 44.5 Å². The Morgan fingerprint density at radius 3 is 0.690 bits per heavy atom. The number of benzene rings is 6. The summed E-state index contributed by atoms with van der Waals surface area (Å²) in [5, 5.41) is 0. The highest BCUT2D eigenvalue weighted by molar-refractivity contribution is 6.30. The van der Waals surface area contributed by atoms with Crippen LogP contribution in [0.1, 0.15) is 255 Å². The monoisotopic (exact) mass is 1120 g/mol. The Balaban J connectivity index is 1.32. The summed E-state index contributed by atoms with van der Waals surface area (Å²) in [7, 11) is 0. The van der Waals surface area contributed by atoms with Gasteiger partial charge in [0, 0.05) is 0 Å². The third kappa shape index (κ3) is 14.1. The van der Waals surface area contributed by atoms with E-state index >= 15 is 9.59 Å². The van der Waals surface area contributed by atoms with E-state index in [2.05, 4.69) is 312 Å². The van der Waals surface area contributed by atoms with Crippen LogP contribution in [-0.4, -0.2) is 21.6 Å². The zero-order chi connectivity index (χ0) is 62.2. The molecule has 2 amide bonds. The molecule has 8 rings (SSSR count). The molecular formula is C80H100N2O2. The van der Waals surface area contributed by atoms with Crippen molar-refractivity contribution in [2.45, 2.75) is 223 Å². The second kappa shape index (κ2) is 22.3. The van der Waals surface area contributed by atoms with Gasteiger partial charge in [-0.3, -0.25) is 9.59 Å². The number of amides is 2. The minimum Gasteiger partial charge on any atom is -0.302 e. The molecule has 0 radical (unpaired) electrons. The zero-order valence-electron chi connectivity index (χ0n) is 56.0. The van der Waals surface area contributed by atoms with Crippen molar-refractivity contribution in [2.24, 2.45) is 0 Å². The standard InChI is InChI=1S/C80H100N2O2/c1-73(2,3)59-37-53(38-60(45-59)74(4,5)6)27-25-51-29-33-57(34-30-51)69-67-68(72(84)81(69)49-55-41-63(77(13,14)15)47-64(42-55)78(16,17)18)70(82(71(67)83)50-56-43-65(79(19,20)21)48-66(44-56)80(22,23)24)58-35-31-52(32-36-58)26-28-54-39-61(75(7,8)9)46-62(40-54)76(10,11)12/h25-48H,49-50H2,1-24H3. The summed E-state index contributed by atoms with van der Waals surface area (Å²) in [6, 6.07) is 44.5. The van der Waals surface area contributed by atoms with Gasteiger partial charge >= 0.3 is 0 Å². The summed E-state index contributed by atoms with van der Waals surface area (Å²) in [5.74, 6) is -0.337. The Hall–Kier alpha value is -6.78. The largest absolute Gasteiger partial charge is 0.302 e. The average molecular weight is 1120 g/mol. The van der Waals surface area contributed by atoms with E-state index in [4.69, 9.17) is 0 Å². The van der Waals surface area contributed by atoms with Crippen LogP contribution in [0.4, 0.5) is 0 Å². The highest BCUT2D eigenvalue weighted by atomic mass is 16.2. The lowest BCUT2D eigenvalue weighted by Crippen LogP contribution is -2.30. The summed E-state index contributed by atoms with van der Waals surface area (Å²) in [6.07, 6.45) is 8.77. The fraction of sp³-hybridized carbons (Fsp3) is 0.425. The van der Waals surface area contributed by atoms with Gasteiger partial charge in [0.15, 0.2) is 0 Å². The first-order valence-electron chi connectivity index (χ1n) is 30.8. The van der Waals surface area contributed by atoms with Crippen molar-refractivity contribution in [3.8, 4) is 0 Å². The van der Waals surface area contributed by atoms with Gasteiger partial charge in [-0.15, -0.1) is 0 Å². The van der Waals surface area contributed by atoms with E-state index in [0.717, 1.165) is 44.5 Å². The van der Waals surface area contributed by atoms with Gasteiger partial charge in [-0.2, -0.15) is 0 Å². The van der Waals surface area contributed by atoms with E-state index in [0.29, 0.717) is 35.6 Å². The summed E-state index contributed by atoms with van der Waals surface area (Å²) >= 11 is 0. The van der Waals surface area contributed by atoms with Crippen molar-refractivity contribution in [1.29, 1.82) is 0 Å². The lowest BCUT2D eigenvalue weighted by Gasteiger charge is -2.29. The predicted molar refractivity (Wildman–Crippen MR) is 361 cm³/mol. The molecule has 2 heterocycles. The van der Waals surface area contributed by atoms with Gasteiger partial charge in [0.25, 0.3) is 11.8 Å². The summed E-state index contributed by atoms with van der Waals surface area (Å²) in [5.41, 5.74) is 19.8. The molecule has 6 aromatic carbocycles. The van der Waals surface area contributed by atoms with E-state index in [-0.39, 0.29) is 55.1 Å². The van der Waals surface area contributed by atoms with Crippen molar-refractivity contribution < 1.29 is 9.59 Å². The molecule has 0 saturated carbocycles. The van der Waals surface area contributed by atoms with Crippen molar-refractivity contribution >= 4 is 47.5 Å². The van der Waals surface area contributed by atoms with Crippen LogP contribution in [0, 0.1) is 0 Å². The lowest BCUT2D eigenvalue weighted by atomic mass is 9.79. The number of nitrogens with zero attached hydrogens (tertiary/aromatic N) is 2. The topological polar surface area (TPSA) is 40.6 Å². The van der Waals surface area contributed by atoms with Crippen molar-refractivity contribution in [3.63, 3.8) is 0 Å². The number of carbonyl (C=O) groups is 2. The SMILES string of the molecule is CC(C)(C)c1cc(C=Cc2ccc(C3=C4C(=O)N(Cc5cc(C(C)(C)C)cc(C(C)(C)C)c5)C(c5ccc(C=Cc6cc(C(C)(C)C)cc(C(C)(C)C)c6)cc5)=C4C(=O)N3Cc3cc(C(C)(C)C)cc(C(C)(C)C)c3)cc2)cc(C(C)(C)C)c1. The minimum atomic E-state index is -0.169. The maximum atomic E-state index is 16.1. The summed E-state index contributed by atoms with van der Waals surface area (Å²) in [6.45, 7) is 54.9. The first kappa shape index (κ1) is 63.2. The van der Waals surface area contributed by atoms with Gasteiger partial charge < -0.3 is 9.80 Å². The van der Waals surface area contributed by atoms with Gasteiger partial charge in [0.1, 0.15) is 0 Å². The van der Waals surface area contributed by atoms with Gasteiger partial charge in [-0.25, -0.2) is 0 Å². The van der Waals surface area contributed by atoms with Crippen molar-refractivity contribution in [1.82, 2.24) is 9.80 Å². The van der Waals surface area contributed by atoms with Gasteiger partial charge in [0.2, 0.25) is 0 Å². The number of hydrogen-bond donors (Lipinski definition) is 0. The lowest BCUT2D eigenvalue weighted by molar-refractivity contribution is -0.124. The Morgan fingerprint density at radius 1 is 0.274 bits per heavy atom. The van der Waals surface area contributed by atoms with Crippen LogP contribution >= 0.6 is 0 Å².